The van der Waals surface area contributed by atoms with Crippen LogP contribution in [0.1, 0.15) is 0 Å². The van der Waals surface area contributed by atoms with Crippen LogP contribution in [0.15, 0.2) is 60.7 Å². The maximum Gasteiger partial charge on any atom is 0.115 e. The minimum atomic E-state index is 0. The molecule has 0 atom stereocenters. The number of hydrogen-bond acceptors (Lipinski definition) is 2. The van der Waals surface area contributed by atoms with Crippen molar-refractivity contribution in [3.8, 4) is 11.5 Å². The molecule has 0 bridgehead atoms. The van der Waals surface area contributed by atoms with Crippen molar-refractivity contribution in [1.82, 2.24) is 0 Å². The van der Waals surface area contributed by atoms with Crippen LogP contribution in [0, 0.1) is 0 Å². The molecule has 0 amide bonds. The van der Waals surface area contributed by atoms with Crippen molar-refractivity contribution in [3.63, 3.8) is 0 Å². The predicted octanol–water partition coefficient (Wildman–Crippen LogP) is 2.40. The summed E-state index contributed by atoms with van der Waals surface area (Å²) in [6, 6.07) is 17.4. The van der Waals surface area contributed by atoms with E-state index in [-0.39, 0.29) is 26.2 Å². The SMILES string of the molecule is Oc1ccccc1.Oc1ccccc1.[Bi]. The summed E-state index contributed by atoms with van der Waals surface area (Å²) in [4.78, 5) is 0. The van der Waals surface area contributed by atoms with Crippen molar-refractivity contribution in [2.24, 2.45) is 0 Å². The molecule has 0 aromatic heterocycles. The van der Waals surface area contributed by atoms with Gasteiger partial charge in [-0.25, -0.2) is 0 Å². The van der Waals surface area contributed by atoms with Crippen LogP contribution in [0.3, 0.4) is 0 Å². The molecule has 2 rings (SSSR count). The summed E-state index contributed by atoms with van der Waals surface area (Å²) < 4.78 is 0. The molecular formula is C12H12BiO2. The molecule has 3 radical (unpaired) electrons. The average Bonchev–Trinajstić information content (AvgIpc) is 2.21. The van der Waals surface area contributed by atoms with Gasteiger partial charge in [0.25, 0.3) is 0 Å². The minimum Gasteiger partial charge on any atom is -0.508 e. The number of phenolic OH excluding ortho intramolecular Hbond substituents is 2. The molecule has 77 valence electrons. The Morgan fingerprint density at radius 1 is 0.533 bits per heavy atom. The first-order chi connectivity index (χ1) is 6.79. The van der Waals surface area contributed by atoms with Crippen LogP contribution in [-0.4, -0.2) is 36.4 Å². The summed E-state index contributed by atoms with van der Waals surface area (Å²) in [5, 5.41) is 17.3. The van der Waals surface area contributed by atoms with Gasteiger partial charge in [0.15, 0.2) is 0 Å². The molecule has 0 aliphatic heterocycles. The van der Waals surface area contributed by atoms with Gasteiger partial charge in [-0.3, -0.25) is 0 Å². The smallest absolute Gasteiger partial charge is 0.115 e. The fourth-order valence-corrected chi connectivity index (χ4v) is 0.856. The molecule has 0 aliphatic carbocycles. The van der Waals surface area contributed by atoms with Gasteiger partial charge in [-0.05, 0) is 24.3 Å². The second-order valence-electron chi connectivity index (χ2n) is 2.67. The fourth-order valence-electron chi connectivity index (χ4n) is 0.856. The standard InChI is InChI=1S/2C6H6O.Bi/c2*7-6-4-2-1-3-5-6;/h2*1-5,7H;. The summed E-state index contributed by atoms with van der Waals surface area (Å²) in [6.45, 7) is 0. The Morgan fingerprint density at radius 2 is 0.800 bits per heavy atom. The molecule has 0 fully saturated rings. The molecule has 0 unspecified atom stereocenters. The number of hydrogen-bond donors (Lipinski definition) is 2. The van der Waals surface area contributed by atoms with Crippen molar-refractivity contribution in [2.45, 2.75) is 0 Å². The Kier molecular flexibility index (Phi) is 7.66. The Hall–Kier alpha value is -1.08. The molecule has 0 saturated carbocycles. The van der Waals surface area contributed by atoms with Crippen LogP contribution >= 0.6 is 0 Å². The van der Waals surface area contributed by atoms with Crippen molar-refractivity contribution < 1.29 is 10.2 Å². The minimum absolute atomic E-state index is 0. The van der Waals surface area contributed by atoms with E-state index in [0.29, 0.717) is 11.5 Å². The van der Waals surface area contributed by atoms with Crippen LogP contribution in [0.5, 0.6) is 11.5 Å². The maximum absolute atomic E-state index is 8.63. The van der Waals surface area contributed by atoms with Gasteiger partial charge in [0.05, 0.1) is 0 Å². The number of benzene rings is 2. The first-order valence-electron chi connectivity index (χ1n) is 4.27. The zero-order chi connectivity index (χ0) is 10.2. The Labute approximate surface area is 108 Å². The van der Waals surface area contributed by atoms with Gasteiger partial charge >= 0.3 is 0 Å². The van der Waals surface area contributed by atoms with Gasteiger partial charge in [-0.1, -0.05) is 36.4 Å². The molecule has 2 aromatic rings. The number of rotatable bonds is 0. The normalized spacial score (nSPS) is 8.00. The molecule has 2 nitrogen and oxygen atoms in total. The largest absolute Gasteiger partial charge is 0.508 e. The summed E-state index contributed by atoms with van der Waals surface area (Å²) in [6.07, 6.45) is 0. The average molecular weight is 397 g/mol. The van der Waals surface area contributed by atoms with Crippen LogP contribution in [0.2, 0.25) is 0 Å². The third-order valence-corrected chi connectivity index (χ3v) is 1.51. The van der Waals surface area contributed by atoms with E-state index >= 15 is 0 Å². The van der Waals surface area contributed by atoms with Crippen LogP contribution in [-0.2, 0) is 0 Å². The summed E-state index contributed by atoms with van der Waals surface area (Å²) >= 11 is 0. The zero-order valence-corrected chi connectivity index (χ0v) is 11.6. The van der Waals surface area contributed by atoms with E-state index < -0.39 is 0 Å². The molecule has 0 heterocycles. The van der Waals surface area contributed by atoms with E-state index in [4.69, 9.17) is 10.2 Å². The number of aromatic hydroxyl groups is 2. The molecule has 2 aromatic carbocycles. The fraction of sp³-hybridized carbons (Fsp3) is 0. The monoisotopic (exact) mass is 397 g/mol. The molecule has 0 saturated heterocycles. The Bertz CT molecular complexity index is 311. The Morgan fingerprint density at radius 3 is 0.933 bits per heavy atom. The van der Waals surface area contributed by atoms with Crippen LogP contribution in [0.4, 0.5) is 0 Å². The van der Waals surface area contributed by atoms with Gasteiger partial charge in [-0.15, -0.1) is 0 Å². The molecule has 2 N–H and O–H groups in total. The quantitative estimate of drug-likeness (QED) is 0.671. The molecule has 0 spiro atoms. The van der Waals surface area contributed by atoms with Gasteiger partial charge in [0.1, 0.15) is 11.5 Å². The van der Waals surface area contributed by atoms with E-state index in [0.717, 1.165) is 0 Å². The molecular weight excluding hydrogens is 385 g/mol. The Balaban J connectivity index is 0.000000245. The second kappa shape index (κ2) is 8.25. The van der Waals surface area contributed by atoms with Crippen LogP contribution < -0.4 is 0 Å². The molecule has 3 heteroatoms. The molecule has 0 aliphatic rings. The second-order valence-corrected chi connectivity index (χ2v) is 2.67. The topological polar surface area (TPSA) is 40.5 Å². The van der Waals surface area contributed by atoms with Crippen molar-refractivity contribution in [1.29, 1.82) is 0 Å². The van der Waals surface area contributed by atoms with Gasteiger partial charge < -0.3 is 10.2 Å². The van der Waals surface area contributed by atoms with E-state index in [1.165, 1.54) is 0 Å². The predicted molar refractivity (Wildman–Crippen MR) is 62.0 cm³/mol. The van der Waals surface area contributed by atoms with Gasteiger partial charge in [0.2, 0.25) is 0 Å². The summed E-state index contributed by atoms with van der Waals surface area (Å²) in [5.41, 5.74) is 0. The van der Waals surface area contributed by atoms with Crippen molar-refractivity contribution in [2.75, 3.05) is 0 Å². The first kappa shape index (κ1) is 13.9. The number of para-hydroxylation sites is 2. The molecule has 15 heavy (non-hydrogen) atoms. The third-order valence-electron chi connectivity index (χ3n) is 1.51. The maximum atomic E-state index is 8.63. The summed E-state index contributed by atoms with van der Waals surface area (Å²) in [5.74, 6) is 0.644. The van der Waals surface area contributed by atoms with Gasteiger partial charge in [0, 0.05) is 26.2 Å². The van der Waals surface area contributed by atoms with E-state index in [2.05, 4.69) is 0 Å². The number of phenols is 2. The first-order valence-corrected chi connectivity index (χ1v) is 4.27. The third kappa shape index (κ3) is 6.92. The zero-order valence-electron chi connectivity index (χ0n) is 8.12. The van der Waals surface area contributed by atoms with Crippen molar-refractivity contribution in [3.05, 3.63) is 60.7 Å². The van der Waals surface area contributed by atoms with E-state index in [1.54, 1.807) is 48.5 Å². The van der Waals surface area contributed by atoms with Crippen LogP contribution in [0.25, 0.3) is 0 Å². The summed E-state index contributed by atoms with van der Waals surface area (Å²) in [7, 11) is 0. The van der Waals surface area contributed by atoms with Crippen molar-refractivity contribution >= 4 is 26.2 Å². The van der Waals surface area contributed by atoms with E-state index in [9.17, 15) is 0 Å². The van der Waals surface area contributed by atoms with Gasteiger partial charge in [-0.2, -0.15) is 0 Å². The van der Waals surface area contributed by atoms with E-state index in [1.807, 2.05) is 12.1 Å².